The normalized spacial score (nSPS) is 22.0. The molecule has 0 bridgehead atoms. The molecule has 25 heavy (non-hydrogen) atoms. The highest BCUT2D eigenvalue weighted by molar-refractivity contribution is 5.74. The highest BCUT2D eigenvalue weighted by Crippen LogP contribution is 2.31. The number of halogens is 1. The van der Waals surface area contributed by atoms with Crippen LogP contribution in [0.25, 0.3) is 0 Å². The number of hydrogen-bond donors (Lipinski definition) is 2. The molecule has 1 aliphatic rings. The largest absolute Gasteiger partial charge is 0.376 e. The first-order chi connectivity index (χ1) is 12.2. The Labute approximate surface area is 147 Å². The van der Waals surface area contributed by atoms with Gasteiger partial charge in [0, 0.05) is 12.5 Å². The lowest BCUT2D eigenvalue weighted by molar-refractivity contribution is -0.0141. The zero-order valence-corrected chi connectivity index (χ0v) is 14.0. The quantitative estimate of drug-likeness (QED) is 0.810. The Kier molecular flexibility index (Phi) is 6.01. The Morgan fingerprint density at radius 1 is 1.04 bits per heavy atom. The van der Waals surface area contributed by atoms with Gasteiger partial charge >= 0.3 is 6.03 Å². The first kappa shape index (κ1) is 17.4. The Balaban J connectivity index is 1.32. The van der Waals surface area contributed by atoms with Crippen LogP contribution in [0.4, 0.5) is 9.18 Å². The van der Waals surface area contributed by atoms with Gasteiger partial charge in [0.15, 0.2) is 0 Å². The van der Waals surface area contributed by atoms with Crippen molar-refractivity contribution in [2.45, 2.75) is 31.8 Å². The molecule has 2 amide bonds. The third-order valence-electron chi connectivity index (χ3n) is 4.45. The zero-order chi connectivity index (χ0) is 17.5. The van der Waals surface area contributed by atoms with Crippen molar-refractivity contribution >= 4 is 6.03 Å². The predicted octanol–water partition coefficient (Wildman–Crippen LogP) is 3.43. The molecule has 3 atom stereocenters. The second-order valence-electron chi connectivity index (χ2n) is 6.36. The van der Waals surface area contributed by atoms with Gasteiger partial charge in [-0.25, -0.2) is 9.18 Å². The summed E-state index contributed by atoms with van der Waals surface area (Å²) in [5.41, 5.74) is 2.09. The van der Waals surface area contributed by atoms with E-state index in [1.165, 1.54) is 0 Å². The fourth-order valence-electron chi connectivity index (χ4n) is 2.92. The lowest BCUT2D eigenvalue weighted by Gasteiger charge is -2.39. The second-order valence-corrected chi connectivity index (χ2v) is 6.36. The molecule has 3 rings (SSSR count). The smallest absolute Gasteiger partial charge is 0.315 e. The Bertz CT molecular complexity index is 666. The molecule has 4 nitrogen and oxygen atoms in total. The molecule has 1 saturated carbocycles. The van der Waals surface area contributed by atoms with Gasteiger partial charge in [0.25, 0.3) is 0 Å². The Hall–Kier alpha value is -2.40. The molecule has 1 fully saturated rings. The number of alkyl halides is 1. The Morgan fingerprint density at radius 3 is 2.32 bits per heavy atom. The maximum atomic E-state index is 14.2. The number of carbonyl (C=O) groups is 1. The molecule has 2 aromatic carbocycles. The number of urea groups is 1. The van der Waals surface area contributed by atoms with Crippen LogP contribution in [0, 0.1) is 5.92 Å². The van der Waals surface area contributed by atoms with Crippen LogP contribution < -0.4 is 10.6 Å². The van der Waals surface area contributed by atoms with Gasteiger partial charge in [-0.05, 0) is 17.5 Å². The van der Waals surface area contributed by atoms with Crippen molar-refractivity contribution in [2.75, 3.05) is 6.61 Å². The first-order valence-corrected chi connectivity index (χ1v) is 8.56. The average molecular weight is 342 g/mol. The minimum Gasteiger partial charge on any atom is -0.376 e. The van der Waals surface area contributed by atoms with Crippen LogP contribution in [0.2, 0.25) is 0 Å². The van der Waals surface area contributed by atoms with Crippen LogP contribution in [-0.4, -0.2) is 24.9 Å². The van der Waals surface area contributed by atoms with Gasteiger partial charge in [0.05, 0.1) is 19.3 Å². The van der Waals surface area contributed by atoms with Crippen molar-refractivity contribution in [3.63, 3.8) is 0 Å². The number of rotatable bonds is 7. The van der Waals surface area contributed by atoms with Crippen LogP contribution >= 0.6 is 0 Å². The van der Waals surface area contributed by atoms with Crippen LogP contribution in [-0.2, 0) is 17.9 Å². The maximum Gasteiger partial charge on any atom is 0.315 e. The summed E-state index contributed by atoms with van der Waals surface area (Å²) in [6, 6.07) is 18.7. The minimum atomic E-state index is -1.06. The lowest BCUT2D eigenvalue weighted by atomic mass is 9.78. The van der Waals surface area contributed by atoms with Crippen molar-refractivity contribution in [1.82, 2.24) is 10.6 Å². The van der Waals surface area contributed by atoms with Crippen molar-refractivity contribution in [3.8, 4) is 0 Å². The topological polar surface area (TPSA) is 50.4 Å². The summed E-state index contributed by atoms with van der Waals surface area (Å²) in [6.45, 7) is 1.29. The molecule has 0 radical (unpaired) electrons. The van der Waals surface area contributed by atoms with Crippen molar-refractivity contribution < 1.29 is 13.9 Å². The Morgan fingerprint density at radius 2 is 1.68 bits per heavy atom. The molecular formula is C20H23FN2O2. The van der Waals surface area contributed by atoms with E-state index in [2.05, 4.69) is 10.6 Å². The second kappa shape index (κ2) is 8.62. The minimum absolute atomic E-state index is 0.150. The summed E-state index contributed by atoms with van der Waals surface area (Å²) in [6.07, 6.45) is -0.451. The van der Waals surface area contributed by atoms with E-state index in [1.54, 1.807) is 0 Å². The zero-order valence-electron chi connectivity index (χ0n) is 14.0. The molecule has 2 aromatic rings. The summed E-state index contributed by atoms with van der Waals surface area (Å²) >= 11 is 0. The van der Waals surface area contributed by atoms with Gasteiger partial charge in [-0.15, -0.1) is 0 Å². The summed E-state index contributed by atoms with van der Waals surface area (Å²) < 4.78 is 19.8. The molecule has 2 N–H and O–H groups in total. The van der Waals surface area contributed by atoms with E-state index >= 15 is 0 Å². The molecule has 0 saturated heterocycles. The first-order valence-electron chi connectivity index (χ1n) is 8.56. The molecule has 0 aliphatic heterocycles. The van der Waals surface area contributed by atoms with Gasteiger partial charge in [0.2, 0.25) is 0 Å². The number of nitrogens with one attached hydrogen (secondary N) is 2. The van der Waals surface area contributed by atoms with Gasteiger partial charge in [0.1, 0.15) is 6.17 Å². The highest BCUT2D eigenvalue weighted by Gasteiger charge is 2.42. The maximum absolute atomic E-state index is 14.2. The molecule has 0 heterocycles. The number of ether oxygens (including phenoxy) is 1. The average Bonchev–Trinajstić information content (AvgIpc) is 2.66. The van der Waals surface area contributed by atoms with Crippen LogP contribution in [0.3, 0.4) is 0 Å². The van der Waals surface area contributed by atoms with Crippen LogP contribution in [0.1, 0.15) is 17.5 Å². The summed E-state index contributed by atoms with van der Waals surface area (Å²) in [7, 11) is 0. The fourth-order valence-corrected chi connectivity index (χ4v) is 2.92. The van der Waals surface area contributed by atoms with E-state index in [1.807, 2.05) is 60.7 Å². The molecule has 0 aromatic heterocycles. The van der Waals surface area contributed by atoms with Crippen molar-refractivity contribution in [2.24, 2.45) is 5.92 Å². The molecule has 132 valence electrons. The van der Waals surface area contributed by atoms with Gasteiger partial charge < -0.3 is 15.4 Å². The lowest BCUT2D eigenvalue weighted by Crippen LogP contribution is -2.57. The van der Waals surface area contributed by atoms with Gasteiger partial charge in [-0.3, -0.25) is 0 Å². The predicted molar refractivity (Wildman–Crippen MR) is 94.7 cm³/mol. The van der Waals surface area contributed by atoms with Gasteiger partial charge in [-0.2, -0.15) is 0 Å². The molecule has 1 aliphatic carbocycles. The van der Waals surface area contributed by atoms with Crippen LogP contribution in [0.15, 0.2) is 60.7 Å². The summed E-state index contributed by atoms with van der Waals surface area (Å²) in [5, 5.41) is 5.44. The van der Waals surface area contributed by atoms with E-state index in [0.717, 1.165) is 11.1 Å². The van der Waals surface area contributed by atoms with E-state index < -0.39 is 12.2 Å². The highest BCUT2D eigenvalue weighted by atomic mass is 19.1. The molecular weight excluding hydrogens is 319 g/mol. The van der Waals surface area contributed by atoms with E-state index in [4.69, 9.17) is 4.74 Å². The van der Waals surface area contributed by atoms with Gasteiger partial charge in [-0.1, -0.05) is 60.7 Å². The molecule has 1 unspecified atom stereocenters. The van der Waals surface area contributed by atoms with E-state index in [9.17, 15) is 9.18 Å². The number of benzene rings is 2. The summed E-state index contributed by atoms with van der Waals surface area (Å²) in [5.74, 6) is -0.150. The standard InChI is InChI=1S/C20H23FN2O2/c21-19-17(14-25-13-16-9-5-2-6-10-16)11-18(19)23-20(24)22-12-15-7-3-1-4-8-15/h1-10,17-19H,11-14H2,(H2,22,23,24)/t17-,18-,19?/m1/s1. The number of carbonyl (C=O) groups excluding carboxylic acids is 1. The number of hydrogen-bond acceptors (Lipinski definition) is 2. The van der Waals surface area contributed by atoms with Crippen molar-refractivity contribution in [3.05, 3.63) is 71.8 Å². The van der Waals surface area contributed by atoms with Crippen molar-refractivity contribution in [1.29, 1.82) is 0 Å². The third kappa shape index (κ3) is 5.03. The third-order valence-corrected chi connectivity index (χ3v) is 4.45. The van der Waals surface area contributed by atoms with E-state index in [-0.39, 0.29) is 11.9 Å². The fraction of sp³-hybridized carbons (Fsp3) is 0.350. The SMILES string of the molecule is O=C(NCc1ccccc1)N[C@@H]1C[C@H](COCc2ccccc2)C1F. The number of amides is 2. The summed E-state index contributed by atoms with van der Waals surface area (Å²) in [4.78, 5) is 11.9. The monoisotopic (exact) mass is 342 g/mol. The van der Waals surface area contributed by atoms with Crippen LogP contribution in [0.5, 0.6) is 0 Å². The molecule has 5 heteroatoms. The van der Waals surface area contributed by atoms with E-state index in [0.29, 0.717) is 26.2 Å². The molecule has 0 spiro atoms.